The standard InChI is InChI=1S/C22H26N2O3S/c1-15-2-4-16(5-3-15)13-24-8-9-28-22(24)23-20(25)14-27-21(26)12-19-11-17-6-7-18(19)10-17/h2-5,8-9,17-19H,6-7,10-14H2,1H3/t17-,18-,19+/m1/s1. The van der Waals surface area contributed by atoms with E-state index in [2.05, 4.69) is 36.2 Å². The van der Waals surface area contributed by atoms with Crippen LogP contribution in [0.4, 0.5) is 0 Å². The topological polar surface area (TPSA) is 60.7 Å². The van der Waals surface area contributed by atoms with Crippen molar-refractivity contribution in [1.29, 1.82) is 0 Å². The molecule has 2 aliphatic rings. The Balaban J connectivity index is 1.30. The molecule has 6 heteroatoms. The van der Waals surface area contributed by atoms with Gasteiger partial charge in [0.05, 0.1) is 0 Å². The average molecular weight is 399 g/mol. The van der Waals surface area contributed by atoms with Gasteiger partial charge >= 0.3 is 5.97 Å². The number of thiazole rings is 1. The number of carbonyl (C=O) groups is 2. The van der Waals surface area contributed by atoms with Crippen molar-refractivity contribution in [3.8, 4) is 0 Å². The van der Waals surface area contributed by atoms with Crippen LogP contribution in [0.1, 0.15) is 43.2 Å². The maximum Gasteiger partial charge on any atom is 0.306 e. The van der Waals surface area contributed by atoms with Crippen molar-refractivity contribution in [2.45, 2.75) is 45.6 Å². The van der Waals surface area contributed by atoms with Crippen molar-refractivity contribution in [2.24, 2.45) is 22.7 Å². The van der Waals surface area contributed by atoms with Crippen molar-refractivity contribution in [3.63, 3.8) is 0 Å². The lowest BCUT2D eigenvalue weighted by Gasteiger charge is -2.20. The van der Waals surface area contributed by atoms with Gasteiger partial charge in [0.25, 0.3) is 5.91 Å². The molecule has 0 radical (unpaired) electrons. The zero-order chi connectivity index (χ0) is 19.5. The molecule has 2 saturated carbocycles. The van der Waals surface area contributed by atoms with Crippen LogP contribution in [-0.2, 0) is 20.9 Å². The first-order valence-electron chi connectivity index (χ1n) is 9.99. The Hall–Kier alpha value is -2.21. The van der Waals surface area contributed by atoms with Crippen LogP contribution in [0, 0.1) is 24.7 Å². The molecule has 2 aromatic rings. The van der Waals surface area contributed by atoms with Gasteiger partial charge < -0.3 is 9.30 Å². The maximum atomic E-state index is 12.2. The Morgan fingerprint density at radius 1 is 1.21 bits per heavy atom. The van der Waals surface area contributed by atoms with E-state index in [-0.39, 0.29) is 12.6 Å². The molecule has 1 amide bonds. The van der Waals surface area contributed by atoms with Crippen molar-refractivity contribution in [1.82, 2.24) is 4.57 Å². The molecule has 0 aliphatic heterocycles. The summed E-state index contributed by atoms with van der Waals surface area (Å²) in [6.45, 7) is 2.43. The Morgan fingerprint density at radius 2 is 2.04 bits per heavy atom. The molecule has 2 fully saturated rings. The number of aromatic nitrogens is 1. The second-order valence-corrected chi connectivity index (χ2v) is 8.98. The van der Waals surface area contributed by atoms with Crippen LogP contribution in [0.3, 0.4) is 0 Å². The lowest BCUT2D eigenvalue weighted by molar-refractivity contribution is -0.149. The summed E-state index contributed by atoms with van der Waals surface area (Å²) < 4.78 is 7.14. The molecule has 1 aromatic heterocycles. The van der Waals surface area contributed by atoms with E-state index < -0.39 is 5.91 Å². The zero-order valence-corrected chi connectivity index (χ0v) is 17.0. The SMILES string of the molecule is Cc1ccc(Cn2ccsc2=NC(=O)COC(=O)C[C@@H]2C[C@@H]3CC[C@@H]2C3)cc1. The smallest absolute Gasteiger partial charge is 0.306 e. The highest BCUT2D eigenvalue weighted by Crippen LogP contribution is 2.49. The number of rotatable bonds is 6. The molecule has 5 nitrogen and oxygen atoms in total. The van der Waals surface area contributed by atoms with E-state index in [0.717, 1.165) is 17.9 Å². The molecule has 0 N–H and O–H groups in total. The number of hydrogen-bond donors (Lipinski definition) is 0. The predicted molar refractivity (Wildman–Crippen MR) is 108 cm³/mol. The van der Waals surface area contributed by atoms with Gasteiger partial charge in [0.2, 0.25) is 0 Å². The van der Waals surface area contributed by atoms with Crippen LogP contribution >= 0.6 is 11.3 Å². The summed E-state index contributed by atoms with van der Waals surface area (Å²) in [5.74, 6) is 1.26. The predicted octanol–water partition coefficient (Wildman–Crippen LogP) is 3.70. The lowest BCUT2D eigenvalue weighted by atomic mass is 9.86. The minimum Gasteiger partial charge on any atom is -0.455 e. The number of esters is 1. The lowest BCUT2D eigenvalue weighted by Crippen LogP contribution is -2.21. The third-order valence-corrected chi connectivity index (χ3v) is 6.82. The summed E-state index contributed by atoms with van der Waals surface area (Å²) in [7, 11) is 0. The summed E-state index contributed by atoms with van der Waals surface area (Å²) in [5.41, 5.74) is 2.36. The van der Waals surface area contributed by atoms with Crippen LogP contribution < -0.4 is 4.80 Å². The molecule has 0 unspecified atom stereocenters. The van der Waals surface area contributed by atoms with Crippen molar-refractivity contribution in [3.05, 3.63) is 51.8 Å². The first-order chi connectivity index (χ1) is 13.6. The number of aryl methyl sites for hydroxylation is 1. The number of benzene rings is 1. The van der Waals surface area contributed by atoms with Crippen LogP contribution in [0.5, 0.6) is 0 Å². The van der Waals surface area contributed by atoms with Crippen LogP contribution in [-0.4, -0.2) is 23.1 Å². The van der Waals surface area contributed by atoms with Gasteiger partial charge in [-0.15, -0.1) is 11.3 Å². The highest BCUT2D eigenvalue weighted by atomic mass is 32.1. The van der Waals surface area contributed by atoms with Gasteiger partial charge in [0, 0.05) is 24.5 Å². The Kier molecular flexibility index (Phi) is 5.76. The summed E-state index contributed by atoms with van der Waals surface area (Å²) in [6.07, 6.45) is 7.34. The largest absolute Gasteiger partial charge is 0.455 e. The average Bonchev–Trinajstić information content (AvgIpc) is 3.40. The molecule has 28 heavy (non-hydrogen) atoms. The number of amides is 1. The van der Waals surface area contributed by atoms with Crippen LogP contribution in [0.25, 0.3) is 0 Å². The van der Waals surface area contributed by atoms with E-state index in [1.807, 2.05) is 16.1 Å². The molecule has 3 atom stereocenters. The highest BCUT2D eigenvalue weighted by Gasteiger charge is 2.40. The first kappa shape index (κ1) is 19.1. The molecular weight excluding hydrogens is 372 g/mol. The monoisotopic (exact) mass is 398 g/mol. The summed E-state index contributed by atoms with van der Waals surface area (Å²) in [5, 5.41) is 1.90. The molecule has 1 aromatic carbocycles. The van der Waals surface area contributed by atoms with Crippen molar-refractivity contribution in [2.75, 3.05) is 6.61 Å². The van der Waals surface area contributed by atoms with Gasteiger partial charge in [-0.3, -0.25) is 9.59 Å². The van der Waals surface area contributed by atoms with Crippen LogP contribution in [0.15, 0.2) is 40.8 Å². The van der Waals surface area contributed by atoms with Gasteiger partial charge in [-0.1, -0.05) is 36.2 Å². The summed E-state index contributed by atoms with van der Waals surface area (Å²) in [4.78, 5) is 29.0. The van der Waals surface area contributed by atoms with Crippen molar-refractivity contribution < 1.29 is 14.3 Å². The molecule has 4 rings (SSSR count). The number of nitrogens with zero attached hydrogens (tertiary/aromatic N) is 2. The number of carbonyl (C=O) groups excluding carboxylic acids is 2. The van der Waals surface area contributed by atoms with Gasteiger partial charge in [-0.2, -0.15) is 4.99 Å². The third kappa shape index (κ3) is 4.61. The molecular formula is C22H26N2O3S. The molecule has 2 aliphatic carbocycles. The molecule has 148 valence electrons. The second-order valence-electron chi connectivity index (χ2n) is 8.10. The summed E-state index contributed by atoms with van der Waals surface area (Å²) >= 11 is 1.40. The summed E-state index contributed by atoms with van der Waals surface area (Å²) in [6, 6.07) is 8.28. The van der Waals surface area contributed by atoms with Gasteiger partial charge in [-0.05, 0) is 49.5 Å². The highest BCUT2D eigenvalue weighted by molar-refractivity contribution is 7.07. The quantitative estimate of drug-likeness (QED) is 0.697. The number of fused-ring (bicyclic) bond motifs is 2. The van der Waals surface area contributed by atoms with Crippen molar-refractivity contribution >= 4 is 23.2 Å². The minimum atomic E-state index is -0.415. The van der Waals surface area contributed by atoms with E-state index in [4.69, 9.17) is 4.74 Å². The molecule has 2 bridgehead atoms. The van der Waals surface area contributed by atoms with Gasteiger partial charge in [0.15, 0.2) is 11.4 Å². The number of hydrogen-bond acceptors (Lipinski definition) is 4. The minimum absolute atomic E-state index is 0.264. The van der Waals surface area contributed by atoms with E-state index in [1.165, 1.54) is 36.2 Å². The van der Waals surface area contributed by atoms with Gasteiger partial charge in [-0.25, -0.2) is 0 Å². The maximum absolute atomic E-state index is 12.2. The second kappa shape index (κ2) is 8.43. The van der Waals surface area contributed by atoms with E-state index >= 15 is 0 Å². The molecule has 0 spiro atoms. The molecule has 1 heterocycles. The van der Waals surface area contributed by atoms with Crippen LogP contribution in [0.2, 0.25) is 0 Å². The van der Waals surface area contributed by atoms with E-state index in [0.29, 0.717) is 29.6 Å². The normalized spacial score (nSPS) is 23.9. The van der Waals surface area contributed by atoms with Gasteiger partial charge in [0.1, 0.15) is 0 Å². The fourth-order valence-corrected chi connectivity index (χ4v) is 5.32. The Bertz CT molecular complexity index is 912. The molecule has 0 saturated heterocycles. The fraction of sp³-hybridized carbons (Fsp3) is 0.500. The van der Waals surface area contributed by atoms with E-state index in [1.54, 1.807) is 0 Å². The van der Waals surface area contributed by atoms with E-state index in [9.17, 15) is 9.59 Å². The third-order valence-electron chi connectivity index (χ3n) is 6.02. The first-order valence-corrected chi connectivity index (χ1v) is 10.9. The fourth-order valence-electron chi connectivity index (χ4n) is 4.58. The Labute approximate surface area is 169 Å². The zero-order valence-electron chi connectivity index (χ0n) is 16.2. The number of ether oxygens (including phenoxy) is 1. The Morgan fingerprint density at radius 3 is 2.75 bits per heavy atom.